The minimum atomic E-state index is -3.46. The van der Waals surface area contributed by atoms with Crippen LogP contribution in [0.25, 0.3) is 0 Å². The molecule has 0 aromatic heterocycles. The molecule has 0 spiro atoms. The Labute approximate surface area is 155 Å². The van der Waals surface area contributed by atoms with Crippen LogP contribution in [0, 0.1) is 11.8 Å². The number of hydrogen-bond acceptors (Lipinski definition) is 4. The standard InChI is InChI=1S/C19H26N2O4S/c1-14(2)12-26(24,25)13-19(23)21-17-10-6-5-9-16(17)20-18(22)11-15-7-3-4-8-15/h3,5-7,9-10,14-15H,4,8,11-13H2,1-2H3,(H,20,22)(H,21,23). The number of anilines is 2. The van der Waals surface area contributed by atoms with E-state index in [9.17, 15) is 18.0 Å². The van der Waals surface area contributed by atoms with Crippen molar-refractivity contribution in [3.63, 3.8) is 0 Å². The Bertz CT molecular complexity index is 784. The van der Waals surface area contributed by atoms with E-state index in [2.05, 4.69) is 16.7 Å². The molecule has 142 valence electrons. The number of allylic oxidation sites excluding steroid dienone is 2. The van der Waals surface area contributed by atoms with Gasteiger partial charge >= 0.3 is 0 Å². The second-order valence-electron chi connectivity index (χ2n) is 7.06. The molecule has 0 fully saturated rings. The molecular formula is C19H26N2O4S. The topological polar surface area (TPSA) is 92.3 Å². The predicted octanol–water partition coefficient (Wildman–Crippen LogP) is 2.99. The second-order valence-corrected chi connectivity index (χ2v) is 9.17. The largest absolute Gasteiger partial charge is 0.324 e. The molecule has 1 aliphatic rings. The molecule has 2 rings (SSSR count). The summed E-state index contributed by atoms with van der Waals surface area (Å²) >= 11 is 0. The lowest BCUT2D eigenvalue weighted by Crippen LogP contribution is -2.27. The SMILES string of the molecule is CC(C)CS(=O)(=O)CC(=O)Nc1ccccc1NC(=O)CC1C=CCC1. The van der Waals surface area contributed by atoms with Gasteiger partial charge in [0.1, 0.15) is 5.75 Å². The number of carbonyl (C=O) groups excluding carboxylic acids is 2. The summed E-state index contributed by atoms with van der Waals surface area (Å²) in [5.74, 6) is -1.13. The highest BCUT2D eigenvalue weighted by Gasteiger charge is 2.20. The maximum Gasteiger partial charge on any atom is 0.239 e. The number of carbonyl (C=O) groups is 2. The van der Waals surface area contributed by atoms with Gasteiger partial charge in [-0.1, -0.05) is 38.1 Å². The van der Waals surface area contributed by atoms with Crippen molar-refractivity contribution in [2.24, 2.45) is 11.8 Å². The van der Waals surface area contributed by atoms with Crippen LogP contribution in [0.4, 0.5) is 11.4 Å². The van der Waals surface area contributed by atoms with Crippen molar-refractivity contribution in [1.82, 2.24) is 0 Å². The van der Waals surface area contributed by atoms with E-state index in [-0.39, 0.29) is 23.5 Å². The van der Waals surface area contributed by atoms with E-state index >= 15 is 0 Å². The Morgan fingerprint density at radius 1 is 1.12 bits per heavy atom. The fourth-order valence-electron chi connectivity index (χ4n) is 2.96. The molecule has 0 saturated heterocycles. The summed E-state index contributed by atoms with van der Waals surface area (Å²) in [6, 6.07) is 6.78. The van der Waals surface area contributed by atoms with Crippen LogP contribution in [0.2, 0.25) is 0 Å². The summed E-state index contributed by atoms with van der Waals surface area (Å²) in [6.45, 7) is 3.58. The van der Waals surface area contributed by atoms with Crippen LogP contribution < -0.4 is 10.6 Å². The fourth-order valence-corrected chi connectivity index (χ4v) is 4.56. The van der Waals surface area contributed by atoms with Crippen molar-refractivity contribution >= 4 is 33.0 Å². The van der Waals surface area contributed by atoms with Crippen LogP contribution >= 0.6 is 0 Å². The highest BCUT2D eigenvalue weighted by molar-refractivity contribution is 7.92. The number of amides is 2. The molecule has 26 heavy (non-hydrogen) atoms. The minimum Gasteiger partial charge on any atom is -0.324 e. The molecule has 1 aromatic carbocycles. The molecule has 1 aliphatic carbocycles. The van der Waals surface area contributed by atoms with Gasteiger partial charge < -0.3 is 10.6 Å². The van der Waals surface area contributed by atoms with E-state index in [1.54, 1.807) is 38.1 Å². The third-order valence-corrected chi connectivity index (χ3v) is 5.85. The average Bonchev–Trinajstić information content (AvgIpc) is 2.99. The van der Waals surface area contributed by atoms with Gasteiger partial charge in [0.2, 0.25) is 11.8 Å². The molecule has 1 unspecified atom stereocenters. The molecule has 6 nitrogen and oxygen atoms in total. The normalized spacial score (nSPS) is 16.7. The van der Waals surface area contributed by atoms with E-state index in [1.165, 1.54) is 0 Å². The van der Waals surface area contributed by atoms with Gasteiger partial charge in [0.05, 0.1) is 17.1 Å². The highest BCUT2D eigenvalue weighted by Crippen LogP contribution is 2.24. The molecule has 1 atom stereocenters. The first kappa shape index (κ1) is 20.2. The van der Waals surface area contributed by atoms with Crippen LogP contribution in [0.15, 0.2) is 36.4 Å². The smallest absolute Gasteiger partial charge is 0.239 e. The van der Waals surface area contributed by atoms with Crippen LogP contribution in [-0.2, 0) is 19.4 Å². The Balaban J connectivity index is 1.98. The Morgan fingerprint density at radius 3 is 2.27 bits per heavy atom. The van der Waals surface area contributed by atoms with E-state index in [0.717, 1.165) is 12.8 Å². The van der Waals surface area contributed by atoms with Crippen molar-refractivity contribution in [3.8, 4) is 0 Å². The lowest BCUT2D eigenvalue weighted by molar-refractivity contribution is -0.117. The number of benzene rings is 1. The van der Waals surface area contributed by atoms with Crippen molar-refractivity contribution in [2.75, 3.05) is 22.1 Å². The number of rotatable bonds is 8. The van der Waals surface area contributed by atoms with E-state index in [0.29, 0.717) is 17.8 Å². The van der Waals surface area contributed by atoms with Crippen LogP contribution in [0.1, 0.15) is 33.1 Å². The molecule has 0 bridgehead atoms. The van der Waals surface area contributed by atoms with E-state index in [1.807, 2.05) is 6.08 Å². The van der Waals surface area contributed by atoms with Gasteiger partial charge in [-0.05, 0) is 36.8 Å². The summed E-state index contributed by atoms with van der Waals surface area (Å²) in [5, 5.41) is 5.39. The molecule has 2 N–H and O–H groups in total. The number of nitrogens with one attached hydrogen (secondary N) is 2. The third kappa shape index (κ3) is 6.63. The first-order chi connectivity index (χ1) is 12.2. The number of sulfone groups is 1. The summed E-state index contributed by atoms with van der Waals surface area (Å²) in [5.41, 5.74) is 0.863. The van der Waals surface area contributed by atoms with Gasteiger partial charge in [0, 0.05) is 6.42 Å². The molecule has 2 amide bonds. The molecule has 7 heteroatoms. The zero-order valence-electron chi connectivity index (χ0n) is 15.2. The van der Waals surface area contributed by atoms with Gasteiger partial charge in [-0.3, -0.25) is 9.59 Å². The van der Waals surface area contributed by atoms with Gasteiger partial charge in [-0.25, -0.2) is 8.42 Å². The average molecular weight is 378 g/mol. The van der Waals surface area contributed by atoms with Gasteiger partial charge in [0.25, 0.3) is 0 Å². The highest BCUT2D eigenvalue weighted by atomic mass is 32.2. The van der Waals surface area contributed by atoms with Crippen molar-refractivity contribution in [2.45, 2.75) is 33.1 Å². The first-order valence-corrected chi connectivity index (χ1v) is 10.6. The minimum absolute atomic E-state index is 0.0340. The Kier molecular flexibility index (Phi) is 6.97. The number of hydrogen-bond donors (Lipinski definition) is 2. The summed E-state index contributed by atoms with van der Waals surface area (Å²) in [7, 11) is -3.46. The third-order valence-electron chi connectivity index (χ3n) is 3.97. The van der Waals surface area contributed by atoms with E-state index in [4.69, 9.17) is 0 Å². The van der Waals surface area contributed by atoms with Gasteiger partial charge in [-0.2, -0.15) is 0 Å². The summed E-state index contributed by atoms with van der Waals surface area (Å²) in [6.07, 6.45) is 6.48. The van der Waals surface area contributed by atoms with Crippen molar-refractivity contribution in [1.29, 1.82) is 0 Å². The van der Waals surface area contributed by atoms with E-state index < -0.39 is 21.5 Å². The summed E-state index contributed by atoms with van der Waals surface area (Å²) in [4.78, 5) is 24.3. The number of para-hydroxylation sites is 2. The maximum absolute atomic E-state index is 12.2. The van der Waals surface area contributed by atoms with Crippen molar-refractivity contribution < 1.29 is 18.0 Å². The zero-order chi connectivity index (χ0) is 19.2. The quantitative estimate of drug-likeness (QED) is 0.680. The second kappa shape index (κ2) is 8.98. The first-order valence-electron chi connectivity index (χ1n) is 8.81. The predicted molar refractivity (Wildman–Crippen MR) is 104 cm³/mol. The fraction of sp³-hybridized carbons (Fsp3) is 0.474. The summed E-state index contributed by atoms with van der Waals surface area (Å²) < 4.78 is 23.9. The lowest BCUT2D eigenvalue weighted by Gasteiger charge is -2.14. The lowest BCUT2D eigenvalue weighted by atomic mass is 10.0. The monoisotopic (exact) mass is 378 g/mol. The zero-order valence-corrected chi connectivity index (χ0v) is 16.0. The molecule has 0 saturated carbocycles. The molecule has 0 aliphatic heterocycles. The van der Waals surface area contributed by atoms with Gasteiger partial charge in [-0.15, -0.1) is 0 Å². The van der Waals surface area contributed by atoms with Crippen LogP contribution in [-0.4, -0.2) is 31.7 Å². The van der Waals surface area contributed by atoms with Gasteiger partial charge in [0.15, 0.2) is 9.84 Å². The molecule has 0 radical (unpaired) electrons. The Morgan fingerprint density at radius 2 is 1.73 bits per heavy atom. The van der Waals surface area contributed by atoms with Crippen molar-refractivity contribution in [3.05, 3.63) is 36.4 Å². The molecule has 1 aromatic rings. The maximum atomic E-state index is 12.2. The molecule has 0 heterocycles. The molecular weight excluding hydrogens is 352 g/mol. The Hall–Kier alpha value is -2.15. The van der Waals surface area contributed by atoms with Crippen LogP contribution in [0.3, 0.4) is 0 Å². The van der Waals surface area contributed by atoms with Crippen LogP contribution in [0.5, 0.6) is 0 Å².